The number of sulfone groups is 1. The molecule has 1 atom stereocenters. The summed E-state index contributed by atoms with van der Waals surface area (Å²) in [6.45, 7) is 10.6. The Morgan fingerprint density at radius 1 is 1.11 bits per heavy atom. The zero-order valence-corrected chi connectivity index (χ0v) is 13.4. The molecule has 0 aliphatic heterocycles. The van der Waals surface area contributed by atoms with Gasteiger partial charge in [-0.15, -0.1) is 0 Å². The van der Waals surface area contributed by atoms with Crippen molar-refractivity contribution in [3.05, 3.63) is 34.4 Å². The maximum atomic E-state index is 11.9. The van der Waals surface area contributed by atoms with Crippen LogP contribution < -0.4 is 5.32 Å². The van der Waals surface area contributed by atoms with Crippen molar-refractivity contribution in [3.63, 3.8) is 0 Å². The quantitative estimate of drug-likeness (QED) is 0.873. The first kappa shape index (κ1) is 16.2. The highest BCUT2D eigenvalue weighted by atomic mass is 32.2. The molecule has 0 aliphatic rings. The van der Waals surface area contributed by atoms with E-state index in [2.05, 4.69) is 38.2 Å². The van der Waals surface area contributed by atoms with E-state index in [4.69, 9.17) is 0 Å². The molecule has 3 nitrogen and oxygen atoms in total. The zero-order chi connectivity index (χ0) is 14.6. The molecule has 0 heterocycles. The molecule has 19 heavy (non-hydrogen) atoms. The predicted octanol–water partition coefficient (Wildman–Crippen LogP) is 2.70. The van der Waals surface area contributed by atoms with Crippen LogP contribution in [0.5, 0.6) is 0 Å². The van der Waals surface area contributed by atoms with Crippen LogP contribution in [0.2, 0.25) is 0 Å². The van der Waals surface area contributed by atoms with Gasteiger partial charge < -0.3 is 5.32 Å². The fourth-order valence-electron chi connectivity index (χ4n) is 2.60. The Bertz CT molecular complexity index is 512. The van der Waals surface area contributed by atoms with Crippen molar-refractivity contribution in [2.45, 2.75) is 40.7 Å². The van der Waals surface area contributed by atoms with Gasteiger partial charge in [0.2, 0.25) is 0 Å². The van der Waals surface area contributed by atoms with Gasteiger partial charge in [0.1, 0.15) is 0 Å². The van der Waals surface area contributed by atoms with E-state index in [0.29, 0.717) is 0 Å². The zero-order valence-electron chi connectivity index (χ0n) is 12.6. The predicted molar refractivity (Wildman–Crippen MR) is 81.4 cm³/mol. The Hall–Kier alpha value is -0.870. The summed E-state index contributed by atoms with van der Waals surface area (Å²) in [5, 5.41) is 3.31. The van der Waals surface area contributed by atoms with Crippen LogP contribution >= 0.6 is 0 Å². The second kappa shape index (κ2) is 6.53. The molecule has 0 amide bonds. The fourth-order valence-corrected chi connectivity index (χ4v) is 3.63. The molecule has 4 heteroatoms. The first-order valence-electron chi connectivity index (χ1n) is 6.82. The van der Waals surface area contributed by atoms with Crippen LogP contribution in [0.15, 0.2) is 12.1 Å². The Morgan fingerprint density at radius 3 is 2.05 bits per heavy atom. The van der Waals surface area contributed by atoms with E-state index in [-0.39, 0.29) is 17.5 Å². The molecular weight excluding hydrogens is 258 g/mol. The molecule has 0 radical (unpaired) electrons. The van der Waals surface area contributed by atoms with Crippen LogP contribution in [0.1, 0.15) is 42.1 Å². The first-order chi connectivity index (χ1) is 8.80. The SMILES string of the molecule is CCNC(CS(=O)(=O)CC)c1c(C)cc(C)cc1C. The van der Waals surface area contributed by atoms with Gasteiger partial charge in [-0.25, -0.2) is 8.42 Å². The highest BCUT2D eigenvalue weighted by molar-refractivity contribution is 7.91. The van der Waals surface area contributed by atoms with Gasteiger partial charge in [0.25, 0.3) is 0 Å². The first-order valence-corrected chi connectivity index (χ1v) is 8.64. The van der Waals surface area contributed by atoms with Crippen LogP contribution in [0.25, 0.3) is 0 Å². The van der Waals surface area contributed by atoms with Gasteiger partial charge in [0, 0.05) is 11.8 Å². The summed E-state index contributed by atoms with van der Waals surface area (Å²) in [6, 6.07) is 4.12. The molecule has 0 spiro atoms. The normalized spacial score (nSPS) is 13.5. The van der Waals surface area contributed by atoms with Crippen LogP contribution in [0, 0.1) is 20.8 Å². The van der Waals surface area contributed by atoms with E-state index in [1.54, 1.807) is 6.92 Å². The van der Waals surface area contributed by atoms with Crippen LogP contribution in [-0.4, -0.2) is 26.5 Å². The summed E-state index contributed by atoms with van der Waals surface area (Å²) in [7, 11) is -3.00. The molecule has 0 aliphatic carbocycles. The number of hydrogen-bond donors (Lipinski definition) is 1. The molecule has 0 fully saturated rings. The van der Waals surface area contributed by atoms with Crippen LogP contribution in [0.4, 0.5) is 0 Å². The van der Waals surface area contributed by atoms with Gasteiger partial charge in [0.05, 0.1) is 5.75 Å². The Morgan fingerprint density at radius 2 is 1.63 bits per heavy atom. The molecule has 108 valence electrons. The molecule has 1 aromatic rings. The van der Waals surface area contributed by atoms with Crippen LogP contribution in [0.3, 0.4) is 0 Å². The molecule has 1 N–H and O–H groups in total. The highest BCUT2D eigenvalue weighted by Crippen LogP contribution is 2.25. The van der Waals surface area contributed by atoms with Crippen LogP contribution in [-0.2, 0) is 9.84 Å². The molecule has 1 aromatic carbocycles. The number of rotatable bonds is 6. The van der Waals surface area contributed by atoms with E-state index >= 15 is 0 Å². The van der Waals surface area contributed by atoms with Gasteiger partial charge in [-0.2, -0.15) is 0 Å². The smallest absolute Gasteiger partial charge is 0.151 e. The maximum absolute atomic E-state index is 11.9. The van der Waals surface area contributed by atoms with E-state index in [1.165, 1.54) is 5.56 Å². The summed E-state index contributed by atoms with van der Waals surface area (Å²) >= 11 is 0. The molecule has 0 aromatic heterocycles. The topological polar surface area (TPSA) is 46.2 Å². The van der Waals surface area contributed by atoms with E-state index in [1.807, 2.05) is 6.92 Å². The average Bonchev–Trinajstić information content (AvgIpc) is 2.27. The Kier molecular flexibility index (Phi) is 5.56. The van der Waals surface area contributed by atoms with Crippen molar-refractivity contribution in [2.75, 3.05) is 18.1 Å². The molecule has 0 saturated heterocycles. The minimum absolute atomic E-state index is 0.115. The standard InChI is InChI=1S/C15H25NO2S/c1-6-16-14(10-19(17,18)7-2)15-12(4)8-11(3)9-13(15)5/h8-9,14,16H,6-7,10H2,1-5H3. The van der Waals surface area contributed by atoms with Crippen molar-refractivity contribution in [1.82, 2.24) is 5.32 Å². The van der Waals surface area contributed by atoms with E-state index < -0.39 is 9.84 Å². The lowest BCUT2D eigenvalue weighted by molar-refractivity contribution is 0.557. The van der Waals surface area contributed by atoms with Crippen molar-refractivity contribution < 1.29 is 8.42 Å². The molecule has 0 saturated carbocycles. The van der Waals surface area contributed by atoms with Crippen molar-refractivity contribution >= 4 is 9.84 Å². The minimum Gasteiger partial charge on any atom is -0.309 e. The van der Waals surface area contributed by atoms with E-state index in [9.17, 15) is 8.42 Å². The second-order valence-corrected chi connectivity index (χ2v) is 7.52. The third kappa shape index (κ3) is 4.32. The van der Waals surface area contributed by atoms with E-state index in [0.717, 1.165) is 23.2 Å². The fraction of sp³-hybridized carbons (Fsp3) is 0.600. The second-order valence-electron chi connectivity index (χ2n) is 5.12. The number of aryl methyl sites for hydroxylation is 3. The van der Waals surface area contributed by atoms with Gasteiger partial charge in [0.15, 0.2) is 9.84 Å². The van der Waals surface area contributed by atoms with Gasteiger partial charge in [-0.1, -0.05) is 31.5 Å². The summed E-state index contributed by atoms with van der Waals surface area (Å²) in [5.74, 6) is 0.362. The lowest BCUT2D eigenvalue weighted by Crippen LogP contribution is -2.30. The highest BCUT2D eigenvalue weighted by Gasteiger charge is 2.21. The number of benzene rings is 1. The lowest BCUT2D eigenvalue weighted by atomic mass is 9.95. The van der Waals surface area contributed by atoms with Gasteiger partial charge >= 0.3 is 0 Å². The lowest BCUT2D eigenvalue weighted by Gasteiger charge is -2.23. The monoisotopic (exact) mass is 283 g/mol. The largest absolute Gasteiger partial charge is 0.309 e. The Balaban J connectivity index is 3.20. The van der Waals surface area contributed by atoms with Crippen molar-refractivity contribution in [3.8, 4) is 0 Å². The summed E-state index contributed by atoms with van der Waals surface area (Å²) in [5.41, 5.74) is 4.67. The number of hydrogen-bond acceptors (Lipinski definition) is 3. The third-order valence-corrected chi connectivity index (χ3v) is 5.12. The molecule has 0 bridgehead atoms. The average molecular weight is 283 g/mol. The molecule has 1 unspecified atom stereocenters. The van der Waals surface area contributed by atoms with Crippen molar-refractivity contribution in [1.29, 1.82) is 0 Å². The summed E-state index contributed by atoms with van der Waals surface area (Å²) in [4.78, 5) is 0. The number of nitrogens with one attached hydrogen (secondary N) is 1. The van der Waals surface area contributed by atoms with Gasteiger partial charge in [-0.05, 0) is 44.0 Å². The maximum Gasteiger partial charge on any atom is 0.151 e. The minimum atomic E-state index is -3.00. The summed E-state index contributed by atoms with van der Waals surface area (Å²) < 4.78 is 23.8. The summed E-state index contributed by atoms with van der Waals surface area (Å²) in [6.07, 6.45) is 0. The molecule has 1 rings (SSSR count). The van der Waals surface area contributed by atoms with Crippen molar-refractivity contribution in [2.24, 2.45) is 0 Å². The Labute approximate surface area is 117 Å². The van der Waals surface area contributed by atoms with Gasteiger partial charge in [-0.3, -0.25) is 0 Å². The third-order valence-electron chi connectivity index (χ3n) is 3.40. The molecular formula is C15H25NO2S.